The first kappa shape index (κ1) is 20.9. The number of allylic oxidation sites excluding steroid dienone is 2. The van der Waals surface area contributed by atoms with Crippen LogP contribution in [0.25, 0.3) is 0 Å². The molecular formula is C18H33IO2. The fourth-order valence-electron chi connectivity index (χ4n) is 2.34. The van der Waals surface area contributed by atoms with Crippen molar-refractivity contribution in [3.8, 4) is 0 Å². The molecule has 0 bridgehead atoms. The Balaban J connectivity index is 3.26. The van der Waals surface area contributed by atoms with Crippen LogP contribution in [0.2, 0.25) is 0 Å². The maximum atomic E-state index is 10.3. The van der Waals surface area contributed by atoms with Gasteiger partial charge in [0.1, 0.15) is 0 Å². The number of alkyl halides is 1. The number of unbranched alkanes of at least 4 members (excludes halogenated alkanes) is 8. The highest BCUT2D eigenvalue weighted by molar-refractivity contribution is 14.1. The van der Waals surface area contributed by atoms with E-state index in [2.05, 4.69) is 41.7 Å². The van der Waals surface area contributed by atoms with E-state index in [9.17, 15) is 4.79 Å². The maximum absolute atomic E-state index is 10.3. The molecule has 1 atom stereocenters. The normalized spacial score (nSPS) is 12.9. The molecule has 0 saturated carbocycles. The van der Waals surface area contributed by atoms with Crippen molar-refractivity contribution in [3.05, 3.63) is 12.2 Å². The van der Waals surface area contributed by atoms with Gasteiger partial charge in [0, 0.05) is 10.3 Å². The molecule has 0 amide bonds. The third-order valence-electron chi connectivity index (χ3n) is 3.69. The first-order valence-electron chi connectivity index (χ1n) is 8.67. The second kappa shape index (κ2) is 16.3. The Hall–Kier alpha value is -0.0600. The van der Waals surface area contributed by atoms with E-state index in [-0.39, 0.29) is 0 Å². The Bertz CT molecular complexity index is 264. The third-order valence-corrected chi connectivity index (χ3v) is 4.82. The monoisotopic (exact) mass is 408 g/mol. The van der Waals surface area contributed by atoms with Gasteiger partial charge in [-0.25, -0.2) is 0 Å². The van der Waals surface area contributed by atoms with E-state index in [0.717, 1.165) is 16.8 Å². The average Bonchev–Trinajstić information content (AvgIpc) is 2.45. The first-order valence-corrected chi connectivity index (χ1v) is 9.92. The van der Waals surface area contributed by atoms with Gasteiger partial charge in [0.15, 0.2) is 0 Å². The third kappa shape index (κ3) is 17.9. The number of carbonyl (C=O) groups is 1. The highest BCUT2D eigenvalue weighted by Crippen LogP contribution is 2.16. The number of hydrogen-bond acceptors (Lipinski definition) is 1. The molecule has 0 saturated heterocycles. The molecule has 0 fully saturated rings. The minimum atomic E-state index is -0.666. The first-order chi connectivity index (χ1) is 10.2. The van der Waals surface area contributed by atoms with Gasteiger partial charge in [-0.15, -0.1) is 0 Å². The second-order valence-electron chi connectivity index (χ2n) is 5.85. The van der Waals surface area contributed by atoms with Gasteiger partial charge in [-0.05, 0) is 32.1 Å². The molecule has 0 aromatic carbocycles. The highest BCUT2D eigenvalue weighted by atomic mass is 127. The van der Waals surface area contributed by atoms with Gasteiger partial charge in [-0.2, -0.15) is 0 Å². The number of aliphatic carboxylic acids is 1. The summed E-state index contributed by atoms with van der Waals surface area (Å²) >= 11 is 2.58. The minimum Gasteiger partial charge on any atom is -0.481 e. The summed E-state index contributed by atoms with van der Waals surface area (Å²) in [6.45, 7) is 2.26. The van der Waals surface area contributed by atoms with Crippen molar-refractivity contribution in [1.82, 2.24) is 0 Å². The molecule has 124 valence electrons. The lowest BCUT2D eigenvalue weighted by molar-refractivity contribution is -0.137. The highest BCUT2D eigenvalue weighted by Gasteiger charge is 2.00. The molecule has 0 heterocycles. The minimum absolute atomic E-state index is 0.329. The van der Waals surface area contributed by atoms with Crippen LogP contribution < -0.4 is 0 Å². The molecule has 0 aliphatic heterocycles. The van der Waals surface area contributed by atoms with Crippen molar-refractivity contribution in [1.29, 1.82) is 0 Å². The Morgan fingerprint density at radius 2 is 1.67 bits per heavy atom. The standard InChI is InChI=1S/C18H33IO2/c1-2-3-4-11-14-17(19)15-12-9-7-5-6-8-10-13-16-18(20)21/h9,12,17H,2-8,10-11,13-16H2,1H3,(H,20,21)/b12-9-. The van der Waals surface area contributed by atoms with E-state index in [1.807, 2.05) is 0 Å². The molecule has 21 heavy (non-hydrogen) atoms. The SMILES string of the molecule is CCCCCCC(I)C/C=C\CCCCCCCC(=O)O. The summed E-state index contributed by atoms with van der Waals surface area (Å²) in [6.07, 6.45) is 19.8. The Kier molecular flexibility index (Phi) is 16.3. The lowest BCUT2D eigenvalue weighted by atomic mass is 10.1. The summed E-state index contributed by atoms with van der Waals surface area (Å²) in [5, 5.41) is 8.53. The molecule has 0 aliphatic rings. The molecule has 3 heteroatoms. The van der Waals surface area contributed by atoms with Gasteiger partial charge in [0.25, 0.3) is 0 Å². The zero-order valence-corrected chi connectivity index (χ0v) is 15.8. The lowest BCUT2D eigenvalue weighted by Gasteiger charge is -2.06. The van der Waals surface area contributed by atoms with Gasteiger partial charge in [0.2, 0.25) is 0 Å². The van der Waals surface area contributed by atoms with Crippen molar-refractivity contribution in [2.24, 2.45) is 0 Å². The van der Waals surface area contributed by atoms with Crippen LogP contribution in [0.5, 0.6) is 0 Å². The molecule has 0 aromatic heterocycles. The maximum Gasteiger partial charge on any atom is 0.303 e. The predicted molar refractivity (Wildman–Crippen MR) is 100 cm³/mol. The van der Waals surface area contributed by atoms with Crippen molar-refractivity contribution in [2.75, 3.05) is 0 Å². The van der Waals surface area contributed by atoms with Crippen molar-refractivity contribution in [2.45, 2.75) is 94.3 Å². The van der Waals surface area contributed by atoms with Crippen molar-refractivity contribution in [3.63, 3.8) is 0 Å². The van der Waals surface area contributed by atoms with E-state index < -0.39 is 5.97 Å². The number of hydrogen-bond donors (Lipinski definition) is 1. The molecule has 0 radical (unpaired) electrons. The molecule has 1 N–H and O–H groups in total. The smallest absolute Gasteiger partial charge is 0.303 e. The van der Waals surface area contributed by atoms with E-state index in [0.29, 0.717) is 6.42 Å². The number of carboxylic acids is 1. The van der Waals surface area contributed by atoms with E-state index in [1.54, 1.807) is 0 Å². The van der Waals surface area contributed by atoms with Crippen LogP contribution in [0.4, 0.5) is 0 Å². The van der Waals surface area contributed by atoms with Gasteiger partial charge in [-0.1, -0.05) is 86.6 Å². The van der Waals surface area contributed by atoms with Gasteiger partial charge < -0.3 is 5.11 Å². The molecule has 0 aromatic rings. The van der Waals surface area contributed by atoms with Crippen molar-refractivity contribution >= 4 is 28.6 Å². The van der Waals surface area contributed by atoms with E-state index >= 15 is 0 Å². The number of rotatable bonds is 15. The summed E-state index contributed by atoms with van der Waals surface area (Å²) in [5.41, 5.74) is 0. The quantitative estimate of drug-likeness (QED) is 0.145. The predicted octanol–water partition coefficient (Wildman–Crippen LogP) is 6.52. The van der Waals surface area contributed by atoms with Crippen LogP contribution in [-0.4, -0.2) is 15.0 Å². The summed E-state index contributed by atoms with van der Waals surface area (Å²) in [4.78, 5) is 10.3. The molecular weight excluding hydrogens is 375 g/mol. The Morgan fingerprint density at radius 1 is 1.00 bits per heavy atom. The lowest BCUT2D eigenvalue weighted by Crippen LogP contribution is -1.95. The van der Waals surface area contributed by atoms with E-state index in [1.165, 1.54) is 64.2 Å². The number of halogens is 1. The largest absolute Gasteiger partial charge is 0.481 e. The summed E-state index contributed by atoms with van der Waals surface area (Å²) in [5.74, 6) is -0.666. The van der Waals surface area contributed by atoms with Crippen LogP contribution in [0.15, 0.2) is 12.2 Å². The van der Waals surface area contributed by atoms with Crippen LogP contribution in [0.3, 0.4) is 0 Å². The zero-order valence-electron chi connectivity index (χ0n) is 13.7. The molecule has 0 spiro atoms. The van der Waals surface area contributed by atoms with Gasteiger partial charge >= 0.3 is 5.97 Å². The number of carboxylic acid groups (broad SMARTS) is 1. The fraction of sp³-hybridized carbons (Fsp3) is 0.833. The van der Waals surface area contributed by atoms with Gasteiger partial charge in [-0.3, -0.25) is 4.79 Å². The van der Waals surface area contributed by atoms with Crippen LogP contribution in [0.1, 0.15) is 90.4 Å². The molecule has 0 aliphatic carbocycles. The summed E-state index contributed by atoms with van der Waals surface area (Å²) in [7, 11) is 0. The Labute approximate surface area is 144 Å². The zero-order chi connectivity index (χ0) is 15.8. The van der Waals surface area contributed by atoms with Gasteiger partial charge in [0.05, 0.1) is 0 Å². The molecule has 2 nitrogen and oxygen atoms in total. The average molecular weight is 408 g/mol. The second-order valence-corrected chi connectivity index (χ2v) is 7.62. The van der Waals surface area contributed by atoms with Crippen LogP contribution >= 0.6 is 22.6 Å². The molecule has 1 unspecified atom stereocenters. The topological polar surface area (TPSA) is 37.3 Å². The fourth-order valence-corrected chi connectivity index (χ4v) is 3.07. The van der Waals surface area contributed by atoms with Crippen LogP contribution in [-0.2, 0) is 4.79 Å². The van der Waals surface area contributed by atoms with Crippen LogP contribution in [0, 0.1) is 0 Å². The summed E-state index contributed by atoms with van der Waals surface area (Å²) < 4.78 is 0.798. The molecule has 0 rings (SSSR count). The van der Waals surface area contributed by atoms with Crippen molar-refractivity contribution < 1.29 is 9.90 Å². The van der Waals surface area contributed by atoms with E-state index in [4.69, 9.17) is 5.11 Å². The summed E-state index contributed by atoms with van der Waals surface area (Å²) in [6, 6.07) is 0. The Morgan fingerprint density at radius 3 is 2.38 bits per heavy atom.